The van der Waals surface area contributed by atoms with Crippen LogP contribution in [0.15, 0.2) is 55.7 Å². The minimum atomic E-state index is -0.532. The van der Waals surface area contributed by atoms with E-state index < -0.39 is 11.8 Å². The molecular weight excluding hydrogens is 574 g/mol. The van der Waals surface area contributed by atoms with E-state index in [0.717, 1.165) is 49.1 Å². The first-order chi connectivity index (χ1) is 19.4. The van der Waals surface area contributed by atoms with Gasteiger partial charge in [-0.05, 0) is 91.2 Å². The predicted molar refractivity (Wildman–Crippen MR) is 156 cm³/mol. The second-order valence-electron chi connectivity index (χ2n) is 10.2. The molecule has 0 saturated carbocycles. The van der Waals surface area contributed by atoms with Crippen LogP contribution in [0, 0.1) is 23.2 Å². The van der Waals surface area contributed by atoms with E-state index in [9.17, 15) is 14.9 Å². The van der Waals surface area contributed by atoms with Gasteiger partial charge in [-0.25, -0.2) is 0 Å². The van der Waals surface area contributed by atoms with Crippen molar-refractivity contribution in [2.45, 2.75) is 65.2 Å². The maximum absolute atomic E-state index is 13.4. The van der Waals surface area contributed by atoms with Gasteiger partial charge >= 0.3 is 0 Å². The molecule has 212 valence electrons. The number of nitrogens with zero attached hydrogens (tertiary/aromatic N) is 2. The number of carbonyl (C=O) groups is 2. The van der Waals surface area contributed by atoms with E-state index in [1.165, 1.54) is 6.26 Å². The minimum absolute atomic E-state index is 0.0924. The molecule has 0 radical (unpaired) electrons. The molecule has 3 unspecified atom stereocenters. The van der Waals surface area contributed by atoms with Crippen molar-refractivity contribution in [1.82, 2.24) is 5.32 Å². The molecule has 1 aromatic carbocycles. The number of halogens is 1. The monoisotopic (exact) mass is 609 g/mol. The number of carbonyl (C=O) groups excluding carboxylic acids is 2. The topological polar surface area (TPSA) is 114 Å². The first-order valence-electron chi connectivity index (χ1n) is 14.0. The van der Waals surface area contributed by atoms with E-state index in [1.54, 1.807) is 12.1 Å². The molecule has 4 rings (SSSR count). The van der Waals surface area contributed by atoms with Crippen molar-refractivity contribution < 1.29 is 23.5 Å². The molecule has 2 heterocycles. The van der Waals surface area contributed by atoms with Gasteiger partial charge in [-0.15, -0.1) is 0 Å². The van der Waals surface area contributed by atoms with E-state index >= 15 is 0 Å². The molecular formula is C31H36BrN3O5. The largest absolute Gasteiger partial charge is 0.490 e. The molecule has 0 saturated heterocycles. The highest BCUT2D eigenvalue weighted by Crippen LogP contribution is 2.48. The summed E-state index contributed by atoms with van der Waals surface area (Å²) in [5.74, 6) is 0.637. The average molecular weight is 611 g/mol. The van der Waals surface area contributed by atoms with E-state index in [1.807, 2.05) is 26.0 Å². The van der Waals surface area contributed by atoms with Crippen molar-refractivity contribution in [3.8, 4) is 17.6 Å². The number of unbranched alkanes of at least 4 members (excludes halogenated alkanes) is 1. The number of ether oxygens (including phenoxy) is 2. The number of ketones is 1. The number of hydrogen-bond acceptors (Lipinski definition) is 7. The van der Waals surface area contributed by atoms with Gasteiger partial charge in [-0.1, -0.05) is 13.3 Å². The van der Waals surface area contributed by atoms with Gasteiger partial charge in [0, 0.05) is 35.9 Å². The van der Waals surface area contributed by atoms with Crippen LogP contribution in [-0.4, -0.2) is 37.2 Å². The fourth-order valence-corrected chi connectivity index (χ4v) is 6.12. The number of furan rings is 1. The number of benzene rings is 1. The van der Waals surface area contributed by atoms with Crippen LogP contribution in [0.1, 0.15) is 81.3 Å². The number of hydrogen-bond donors (Lipinski definition) is 1. The van der Waals surface area contributed by atoms with Gasteiger partial charge in [-0.3, -0.25) is 14.6 Å². The molecule has 2 aliphatic rings. The summed E-state index contributed by atoms with van der Waals surface area (Å²) >= 11 is 3.66. The van der Waals surface area contributed by atoms with Gasteiger partial charge in [0.25, 0.3) is 5.91 Å². The normalized spacial score (nSPS) is 20.4. The highest BCUT2D eigenvalue weighted by Gasteiger charge is 2.41. The van der Waals surface area contributed by atoms with Crippen LogP contribution >= 0.6 is 15.9 Å². The molecule has 3 atom stereocenters. The van der Waals surface area contributed by atoms with Gasteiger partial charge in [0.2, 0.25) is 0 Å². The van der Waals surface area contributed by atoms with Crippen molar-refractivity contribution in [3.05, 3.63) is 57.6 Å². The van der Waals surface area contributed by atoms with Crippen LogP contribution in [0.4, 0.5) is 0 Å². The fourth-order valence-electron chi connectivity index (χ4n) is 5.55. The maximum Gasteiger partial charge on any atom is 0.286 e. The Bertz CT molecular complexity index is 1330. The third-order valence-corrected chi connectivity index (χ3v) is 7.94. The number of allylic oxidation sites excluding steroid dienone is 2. The molecule has 1 N–H and O–H groups in total. The molecule has 40 heavy (non-hydrogen) atoms. The van der Waals surface area contributed by atoms with E-state index in [4.69, 9.17) is 18.9 Å². The van der Waals surface area contributed by atoms with Crippen LogP contribution in [0.2, 0.25) is 0 Å². The van der Waals surface area contributed by atoms with Gasteiger partial charge in [0.15, 0.2) is 23.0 Å². The molecule has 1 aromatic heterocycles. The molecule has 0 fully saturated rings. The second-order valence-corrected chi connectivity index (χ2v) is 11.1. The summed E-state index contributed by atoms with van der Waals surface area (Å²) in [6.45, 7) is 7.28. The van der Waals surface area contributed by atoms with Crippen LogP contribution in [-0.2, 0) is 4.79 Å². The van der Waals surface area contributed by atoms with Crippen molar-refractivity contribution in [1.29, 1.82) is 5.26 Å². The van der Waals surface area contributed by atoms with Crippen LogP contribution in [0.5, 0.6) is 11.5 Å². The molecule has 8 nitrogen and oxygen atoms in total. The molecule has 9 heteroatoms. The molecule has 1 aliphatic carbocycles. The number of Topliss-reactive ketones (excluding diaryl/α,β-unsaturated/α-hetero) is 1. The third-order valence-electron chi connectivity index (χ3n) is 7.35. The molecule has 1 amide bonds. The number of rotatable bonds is 12. The standard InChI is InChI=1S/C31H36BrN3O5/c1-4-9-20-14-24-29(25(36)15-20)28(22(18-33)19(3)35-24)21-16-23(32)30(27(17-21)38-5-2)40-12-7-6-11-34-31(37)26-10-8-13-39-26/h8,10,13,16-17,20,22,28H,4-7,9,11-12,14-15H2,1-3H3,(H,34,37). The molecule has 0 spiro atoms. The zero-order valence-electron chi connectivity index (χ0n) is 23.3. The minimum Gasteiger partial charge on any atom is -0.490 e. The van der Waals surface area contributed by atoms with Crippen molar-refractivity contribution >= 4 is 33.3 Å². The first-order valence-corrected chi connectivity index (χ1v) is 14.8. The van der Waals surface area contributed by atoms with Crippen LogP contribution in [0.3, 0.4) is 0 Å². The van der Waals surface area contributed by atoms with E-state index in [2.05, 4.69) is 34.2 Å². The van der Waals surface area contributed by atoms with Crippen LogP contribution < -0.4 is 14.8 Å². The van der Waals surface area contributed by atoms with Gasteiger partial charge in [-0.2, -0.15) is 5.26 Å². The SMILES string of the molecule is CCCC1CC(=O)C2=C(C1)N=C(C)C(C#N)C2c1cc(Br)c(OCCCCNC(=O)c2ccco2)c(OCC)c1. The van der Waals surface area contributed by atoms with Crippen LogP contribution in [0.25, 0.3) is 0 Å². The number of nitrogens with one attached hydrogen (secondary N) is 1. The lowest BCUT2D eigenvalue weighted by Gasteiger charge is -2.35. The molecule has 2 aromatic rings. The summed E-state index contributed by atoms with van der Waals surface area (Å²) in [5.41, 5.74) is 3.07. The Balaban J connectivity index is 1.50. The average Bonchev–Trinajstić information content (AvgIpc) is 3.46. The van der Waals surface area contributed by atoms with Crippen molar-refractivity contribution in [2.24, 2.45) is 16.8 Å². The Kier molecular flexibility index (Phi) is 10.2. The van der Waals surface area contributed by atoms with Crippen molar-refractivity contribution in [3.63, 3.8) is 0 Å². The smallest absolute Gasteiger partial charge is 0.286 e. The van der Waals surface area contributed by atoms with E-state index in [0.29, 0.717) is 59.4 Å². The lowest BCUT2D eigenvalue weighted by Crippen LogP contribution is -2.32. The number of nitriles is 1. The Morgan fingerprint density at radius 2 is 2.08 bits per heavy atom. The summed E-state index contributed by atoms with van der Waals surface area (Å²) < 4.78 is 17.9. The quantitative estimate of drug-likeness (QED) is 0.266. The zero-order chi connectivity index (χ0) is 28.6. The summed E-state index contributed by atoms with van der Waals surface area (Å²) in [7, 11) is 0. The van der Waals surface area contributed by atoms with E-state index in [-0.39, 0.29) is 11.7 Å². The van der Waals surface area contributed by atoms with Crippen molar-refractivity contribution in [2.75, 3.05) is 19.8 Å². The Morgan fingerprint density at radius 1 is 1.25 bits per heavy atom. The molecule has 0 bridgehead atoms. The van der Waals surface area contributed by atoms with Gasteiger partial charge < -0.3 is 19.2 Å². The second kappa shape index (κ2) is 13.8. The number of amides is 1. The lowest BCUT2D eigenvalue weighted by molar-refractivity contribution is -0.117. The summed E-state index contributed by atoms with van der Waals surface area (Å²) in [5, 5.41) is 12.9. The predicted octanol–water partition coefficient (Wildman–Crippen LogP) is 6.76. The third kappa shape index (κ3) is 6.67. The molecule has 1 aliphatic heterocycles. The van der Waals surface area contributed by atoms with Gasteiger partial charge in [0.1, 0.15) is 0 Å². The lowest BCUT2D eigenvalue weighted by atomic mass is 9.70. The van der Waals surface area contributed by atoms with Gasteiger partial charge in [0.05, 0.1) is 35.9 Å². The first kappa shape index (κ1) is 29.6. The Morgan fingerprint density at radius 3 is 2.77 bits per heavy atom. The highest BCUT2D eigenvalue weighted by atomic mass is 79.9. The number of aliphatic imine (C=N–C) groups is 1. The Labute approximate surface area is 244 Å². The summed E-state index contributed by atoms with van der Waals surface area (Å²) in [4.78, 5) is 30.2. The Hall–Kier alpha value is -3.38. The highest BCUT2D eigenvalue weighted by molar-refractivity contribution is 9.10. The summed E-state index contributed by atoms with van der Waals surface area (Å²) in [6, 6.07) is 9.55. The summed E-state index contributed by atoms with van der Waals surface area (Å²) in [6.07, 6.45) is 6.20. The maximum atomic E-state index is 13.4. The zero-order valence-corrected chi connectivity index (χ0v) is 24.9. The fraction of sp³-hybridized carbons (Fsp3) is 0.484.